The Morgan fingerprint density at radius 2 is 2.25 bits per heavy atom. The van der Waals surface area contributed by atoms with Crippen molar-refractivity contribution >= 4 is 11.7 Å². The van der Waals surface area contributed by atoms with Gasteiger partial charge in [-0.3, -0.25) is 4.79 Å². The number of aromatic nitrogens is 2. The number of hydrogen-bond acceptors (Lipinski definition) is 5. The summed E-state index contributed by atoms with van der Waals surface area (Å²) in [5.74, 6) is 1.73. The third-order valence-corrected chi connectivity index (χ3v) is 3.58. The van der Waals surface area contributed by atoms with Crippen LogP contribution in [0, 0.1) is 0 Å². The maximum atomic E-state index is 12.0. The molecule has 0 aromatic carbocycles. The zero-order valence-electron chi connectivity index (χ0n) is 12.4. The third-order valence-electron chi connectivity index (χ3n) is 3.58. The van der Waals surface area contributed by atoms with Crippen LogP contribution in [-0.2, 0) is 11.3 Å². The average molecular weight is 277 g/mol. The van der Waals surface area contributed by atoms with E-state index < -0.39 is 0 Å². The first-order valence-electron chi connectivity index (χ1n) is 7.19. The van der Waals surface area contributed by atoms with E-state index in [0.717, 1.165) is 36.7 Å². The van der Waals surface area contributed by atoms with Gasteiger partial charge in [0, 0.05) is 32.6 Å². The Kier molecular flexibility index (Phi) is 4.89. The van der Waals surface area contributed by atoms with Gasteiger partial charge < -0.3 is 15.5 Å². The van der Waals surface area contributed by atoms with Crippen LogP contribution >= 0.6 is 0 Å². The molecule has 2 N–H and O–H groups in total. The van der Waals surface area contributed by atoms with Crippen LogP contribution in [-0.4, -0.2) is 41.4 Å². The van der Waals surface area contributed by atoms with Gasteiger partial charge in [-0.05, 0) is 19.9 Å². The fourth-order valence-electron chi connectivity index (χ4n) is 2.60. The molecule has 2 heterocycles. The second-order valence-corrected chi connectivity index (χ2v) is 4.98. The van der Waals surface area contributed by atoms with E-state index in [-0.39, 0.29) is 11.9 Å². The van der Waals surface area contributed by atoms with Gasteiger partial charge in [0.05, 0.1) is 11.7 Å². The lowest BCUT2D eigenvalue weighted by Crippen LogP contribution is -2.31. The van der Waals surface area contributed by atoms with Gasteiger partial charge in [0.1, 0.15) is 5.82 Å². The molecule has 1 amide bonds. The second kappa shape index (κ2) is 6.65. The first-order chi connectivity index (χ1) is 9.69. The van der Waals surface area contributed by atoms with Crippen LogP contribution in [0.2, 0.25) is 0 Å². The highest BCUT2D eigenvalue weighted by Crippen LogP contribution is 2.31. The second-order valence-electron chi connectivity index (χ2n) is 4.98. The third kappa shape index (κ3) is 3.07. The number of amides is 1. The van der Waals surface area contributed by atoms with Gasteiger partial charge in [-0.25, -0.2) is 9.97 Å². The van der Waals surface area contributed by atoms with Crippen LogP contribution in [0.1, 0.15) is 43.7 Å². The maximum absolute atomic E-state index is 12.0. The van der Waals surface area contributed by atoms with Crippen molar-refractivity contribution in [3.63, 3.8) is 0 Å². The van der Waals surface area contributed by atoms with Gasteiger partial charge in [-0.2, -0.15) is 0 Å². The molecule has 6 heteroatoms. The van der Waals surface area contributed by atoms with Crippen LogP contribution in [0.25, 0.3) is 0 Å². The van der Waals surface area contributed by atoms with Crippen LogP contribution < -0.4 is 10.6 Å². The highest BCUT2D eigenvalue weighted by atomic mass is 16.2. The SMILES string of the molecule is CCC(=O)N1CCCC1c1nc(CNC)cc(NC)n1. The Morgan fingerprint density at radius 1 is 1.45 bits per heavy atom. The van der Waals surface area contributed by atoms with E-state index in [0.29, 0.717) is 13.0 Å². The highest BCUT2D eigenvalue weighted by Gasteiger charge is 2.31. The van der Waals surface area contributed by atoms with Crippen molar-refractivity contribution < 1.29 is 4.79 Å². The van der Waals surface area contributed by atoms with Crippen LogP contribution in [0.4, 0.5) is 5.82 Å². The molecule has 20 heavy (non-hydrogen) atoms. The summed E-state index contributed by atoms with van der Waals surface area (Å²) >= 11 is 0. The van der Waals surface area contributed by atoms with Gasteiger partial charge in [0.2, 0.25) is 5.91 Å². The van der Waals surface area contributed by atoms with E-state index in [9.17, 15) is 4.79 Å². The molecule has 0 radical (unpaired) electrons. The van der Waals surface area contributed by atoms with E-state index in [2.05, 4.69) is 20.6 Å². The predicted octanol–water partition coefficient (Wildman–Crippen LogP) is 1.31. The summed E-state index contributed by atoms with van der Waals surface area (Å²) in [7, 11) is 3.74. The lowest BCUT2D eigenvalue weighted by Gasteiger charge is -2.23. The van der Waals surface area contributed by atoms with Gasteiger partial charge in [0.25, 0.3) is 0 Å². The minimum absolute atomic E-state index is 0.0198. The number of nitrogens with one attached hydrogen (secondary N) is 2. The first kappa shape index (κ1) is 14.7. The van der Waals surface area contributed by atoms with Crippen LogP contribution in [0.15, 0.2) is 6.07 Å². The van der Waals surface area contributed by atoms with Gasteiger partial charge in [0.15, 0.2) is 5.82 Å². The number of rotatable bonds is 5. The highest BCUT2D eigenvalue weighted by molar-refractivity contribution is 5.76. The van der Waals surface area contributed by atoms with Gasteiger partial charge in [-0.1, -0.05) is 6.92 Å². The Labute approximate surface area is 120 Å². The zero-order chi connectivity index (χ0) is 14.5. The topological polar surface area (TPSA) is 70.2 Å². The van der Waals surface area contributed by atoms with Crippen LogP contribution in [0.5, 0.6) is 0 Å². The molecule has 0 saturated carbocycles. The monoisotopic (exact) mass is 277 g/mol. The molecule has 1 aromatic rings. The fraction of sp³-hybridized carbons (Fsp3) is 0.643. The van der Waals surface area contributed by atoms with E-state index in [4.69, 9.17) is 0 Å². The molecule has 0 bridgehead atoms. The Balaban J connectivity index is 2.30. The largest absolute Gasteiger partial charge is 0.373 e. The molecule has 1 aliphatic rings. The van der Waals surface area contributed by atoms with Gasteiger partial charge in [-0.15, -0.1) is 0 Å². The normalized spacial score (nSPS) is 18.4. The number of anilines is 1. The molecule has 6 nitrogen and oxygen atoms in total. The lowest BCUT2D eigenvalue weighted by molar-refractivity contribution is -0.131. The summed E-state index contributed by atoms with van der Waals surface area (Å²) in [5, 5.41) is 6.17. The van der Waals surface area contributed by atoms with E-state index in [1.54, 1.807) is 0 Å². The molecule has 110 valence electrons. The standard InChI is InChI=1S/C14H23N5O/c1-4-13(20)19-7-5-6-11(19)14-17-10(9-15-2)8-12(16-3)18-14/h8,11,15H,4-7,9H2,1-3H3,(H,16,17,18). The Morgan fingerprint density at radius 3 is 2.90 bits per heavy atom. The van der Waals surface area contributed by atoms with E-state index in [1.807, 2.05) is 32.0 Å². The molecule has 1 aliphatic heterocycles. The molecule has 1 aromatic heterocycles. The number of nitrogens with zero attached hydrogens (tertiary/aromatic N) is 3. The van der Waals surface area contributed by atoms with Crippen molar-refractivity contribution in [2.75, 3.05) is 26.0 Å². The molecule has 1 fully saturated rings. The van der Waals surface area contributed by atoms with Crippen molar-refractivity contribution in [1.82, 2.24) is 20.2 Å². The Bertz CT molecular complexity index is 477. The molecule has 2 rings (SSSR count). The van der Waals surface area contributed by atoms with E-state index in [1.165, 1.54) is 0 Å². The van der Waals surface area contributed by atoms with Crippen molar-refractivity contribution in [1.29, 1.82) is 0 Å². The maximum Gasteiger partial charge on any atom is 0.222 e. The van der Waals surface area contributed by atoms with Crippen molar-refractivity contribution in [2.24, 2.45) is 0 Å². The summed E-state index contributed by atoms with van der Waals surface area (Å²) in [4.78, 5) is 23.1. The van der Waals surface area contributed by atoms with Crippen molar-refractivity contribution in [2.45, 2.75) is 38.8 Å². The van der Waals surface area contributed by atoms with Crippen molar-refractivity contribution in [3.8, 4) is 0 Å². The summed E-state index contributed by atoms with van der Waals surface area (Å²) in [5.41, 5.74) is 0.942. The summed E-state index contributed by atoms with van der Waals surface area (Å²) < 4.78 is 0. The van der Waals surface area contributed by atoms with Crippen molar-refractivity contribution in [3.05, 3.63) is 17.6 Å². The smallest absolute Gasteiger partial charge is 0.222 e. The molecule has 1 saturated heterocycles. The minimum atomic E-state index is 0.0198. The molecular formula is C14H23N5O. The summed E-state index contributed by atoms with van der Waals surface area (Å²) in [6.45, 7) is 3.40. The molecule has 1 atom stereocenters. The average Bonchev–Trinajstić information content (AvgIpc) is 2.95. The Hall–Kier alpha value is -1.69. The molecule has 0 spiro atoms. The molecule has 1 unspecified atom stereocenters. The number of hydrogen-bond donors (Lipinski definition) is 2. The number of carbonyl (C=O) groups excluding carboxylic acids is 1. The number of carbonyl (C=O) groups is 1. The lowest BCUT2D eigenvalue weighted by atomic mass is 10.2. The quantitative estimate of drug-likeness (QED) is 0.849. The molecule has 0 aliphatic carbocycles. The first-order valence-corrected chi connectivity index (χ1v) is 7.19. The predicted molar refractivity (Wildman–Crippen MR) is 78.3 cm³/mol. The van der Waals surface area contributed by atoms with Gasteiger partial charge >= 0.3 is 0 Å². The minimum Gasteiger partial charge on any atom is -0.373 e. The van der Waals surface area contributed by atoms with E-state index >= 15 is 0 Å². The molecular weight excluding hydrogens is 254 g/mol. The van der Waals surface area contributed by atoms with Crippen LogP contribution in [0.3, 0.4) is 0 Å². The fourth-order valence-corrected chi connectivity index (χ4v) is 2.60. The zero-order valence-corrected chi connectivity index (χ0v) is 12.4. The summed E-state index contributed by atoms with van der Waals surface area (Å²) in [6, 6.07) is 1.95. The summed E-state index contributed by atoms with van der Waals surface area (Å²) in [6.07, 6.45) is 2.49. The number of likely N-dealkylation sites (tertiary alicyclic amines) is 1.